The molecule has 2 rings (SSSR count). The van der Waals surface area contributed by atoms with Crippen LogP contribution in [0.3, 0.4) is 0 Å². The van der Waals surface area contributed by atoms with E-state index in [1.165, 1.54) is 0 Å². The lowest BCUT2D eigenvalue weighted by Gasteiger charge is -2.28. The first-order chi connectivity index (χ1) is 8.65. The number of rotatable bonds is 3. The van der Waals surface area contributed by atoms with E-state index in [4.69, 9.17) is 9.47 Å². The first-order valence-corrected chi connectivity index (χ1v) is 7.36. The summed E-state index contributed by atoms with van der Waals surface area (Å²) in [4.78, 5) is 0. The SMILES string of the molecule is COc1ccc(OC)c(C2CS(=O)C(C)CN2)c1. The first kappa shape index (κ1) is 13.4. The van der Waals surface area contributed by atoms with Gasteiger partial charge in [-0.15, -0.1) is 0 Å². The molecule has 0 radical (unpaired) electrons. The van der Waals surface area contributed by atoms with Gasteiger partial charge in [0, 0.05) is 40.0 Å². The molecule has 1 aromatic carbocycles. The molecule has 1 heterocycles. The molecule has 0 spiro atoms. The molecular formula is C13H19NO3S. The van der Waals surface area contributed by atoms with E-state index in [2.05, 4.69) is 5.32 Å². The van der Waals surface area contributed by atoms with Gasteiger partial charge in [-0.3, -0.25) is 4.21 Å². The van der Waals surface area contributed by atoms with Crippen molar-refractivity contribution in [3.8, 4) is 11.5 Å². The van der Waals surface area contributed by atoms with Crippen LogP contribution >= 0.6 is 0 Å². The van der Waals surface area contributed by atoms with Gasteiger partial charge in [-0.05, 0) is 25.1 Å². The van der Waals surface area contributed by atoms with Crippen molar-refractivity contribution in [3.63, 3.8) is 0 Å². The van der Waals surface area contributed by atoms with E-state index in [0.717, 1.165) is 23.6 Å². The fourth-order valence-corrected chi connectivity index (χ4v) is 3.34. The van der Waals surface area contributed by atoms with Crippen LogP contribution in [-0.4, -0.2) is 36.0 Å². The number of ether oxygens (including phenoxy) is 2. The maximum Gasteiger partial charge on any atom is 0.123 e. The average molecular weight is 269 g/mol. The van der Waals surface area contributed by atoms with Gasteiger partial charge in [-0.2, -0.15) is 0 Å². The highest BCUT2D eigenvalue weighted by molar-refractivity contribution is 7.85. The molecule has 3 atom stereocenters. The minimum atomic E-state index is -0.793. The summed E-state index contributed by atoms with van der Waals surface area (Å²) in [5.41, 5.74) is 1.01. The lowest BCUT2D eigenvalue weighted by Crippen LogP contribution is -2.41. The van der Waals surface area contributed by atoms with Crippen LogP contribution in [0.15, 0.2) is 18.2 Å². The zero-order valence-corrected chi connectivity index (χ0v) is 11.8. The maximum absolute atomic E-state index is 11.9. The molecule has 1 fully saturated rings. The van der Waals surface area contributed by atoms with Crippen molar-refractivity contribution >= 4 is 10.8 Å². The molecular weight excluding hydrogens is 250 g/mol. The minimum absolute atomic E-state index is 0.0621. The third kappa shape index (κ3) is 2.67. The van der Waals surface area contributed by atoms with Gasteiger partial charge < -0.3 is 14.8 Å². The van der Waals surface area contributed by atoms with Crippen LogP contribution in [0.2, 0.25) is 0 Å². The highest BCUT2D eigenvalue weighted by Crippen LogP contribution is 2.31. The summed E-state index contributed by atoms with van der Waals surface area (Å²) in [5, 5.41) is 3.62. The molecule has 4 nitrogen and oxygen atoms in total. The van der Waals surface area contributed by atoms with Crippen molar-refractivity contribution < 1.29 is 13.7 Å². The van der Waals surface area contributed by atoms with Crippen LogP contribution < -0.4 is 14.8 Å². The number of benzene rings is 1. The van der Waals surface area contributed by atoms with E-state index >= 15 is 0 Å². The fraction of sp³-hybridized carbons (Fsp3) is 0.538. The van der Waals surface area contributed by atoms with Gasteiger partial charge in [0.1, 0.15) is 11.5 Å². The van der Waals surface area contributed by atoms with Crippen LogP contribution in [0.4, 0.5) is 0 Å². The minimum Gasteiger partial charge on any atom is -0.497 e. The Labute approximate surface area is 110 Å². The Balaban J connectivity index is 2.28. The Morgan fingerprint density at radius 2 is 2.11 bits per heavy atom. The number of hydrogen-bond acceptors (Lipinski definition) is 4. The smallest absolute Gasteiger partial charge is 0.123 e. The average Bonchev–Trinajstić information content (AvgIpc) is 2.41. The lowest BCUT2D eigenvalue weighted by molar-refractivity contribution is 0.391. The summed E-state index contributed by atoms with van der Waals surface area (Å²) < 4.78 is 22.5. The second-order valence-corrected chi connectivity index (χ2v) is 6.33. The molecule has 1 aromatic rings. The van der Waals surface area contributed by atoms with Crippen LogP contribution in [0.25, 0.3) is 0 Å². The normalized spacial score (nSPS) is 27.8. The Morgan fingerprint density at radius 1 is 1.33 bits per heavy atom. The fourth-order valence-electron chi connectivity index (χ4n) is 2.10. The summed E-state index contributed by atoms with van der Waals surface area (Å²) in [7, 11) is 2.49. The molecule has 0 saturated carbocycles. The van der Waals surface area contributed by atoms with Crippen molar-refractivity contribution in [2.75, 3.05) is 26.5 Å². The summed E-state index contributed by atoms with van der Waals surface area (Å²) in [6.07, 6.45) is 0. The second kappa shape index (κ2) is 5.71. The molecule has 1 saturated heterocycles. The van der Waals surface area contributed by atoms with Gasteiger partial charge in [0.25, 0.3) is 0 Å². The van der Waals surface area contributed by atoms with Crippen molar-refractivity contribution in [1.29, 1.82) is 0 Å². The Bertz CT molecular complexity index is 450. The second-order valence-electron chi connectivity index (χ2n) is 4.43. The van der Waals surface area contributed by atoms with Crippen LogP contribution in [0.1, 0.15) is 18.5 Å². The monoisotopic (exact) mass is 269 g/mol. The van der Waals surface area contributed by atoms with Gasteiger partial charge >= 0.3 is 0 Å². The zero-order chi connectivity index (χ0) is 13.1. The van der Waals surface area contributed by atoms with E-state index in [9.17, 15) is 4.21 Å². The third-order valence-electron chi connectivity index (χ3n) is 3.24. The van der Waals surface area contributed by atoms with Gasteiger partial charge in [-0.1, -0.05) is 0 Å². The van der Waals surface area contributed by atoms with E-state index in [-0.39, 0.29) is 11.3 Å². The number of methoxy groups -OCH3 is 2. The molecule has 1 N–H and O–H groups in total. The topological polar surface area (TPSA) is 47.6 Å². The Kier molecular flexibility index (Phi) is 4.24. The molecule has 0 bridgehead atoms. The van der Waals surface area contributed by atoms with Crippen molar-refractivity contribution in [3.05, 3.63) is 23.8 Å². The van der Waals surface area contributed by atoms with E-state index in [1.807, 2.05) is 25.1 Å². The molecule has 0 aromatic heterocycles. The molecule has 5 heteroatoms. The molecule has 3 unspecified atom stereocenters. The standard InChI is InChI=1S/C13H19NO3S/c1-9-7-14-12(8-18(9)15)11-6-10(16-2)4-5-13(11)17-3/h4-6,9,12,14H,7-8H2,1-3H3. The van der Waals surface area contributed by atoms with Crippen molar-refractivity contribution in [2.24, 2.45) is 0 Å². The van der Waals surface area contributed by atoms with Gasteiger partial charge in [-0.25, -0.2) is 0 Å². The molecule has 1 aliphatic heterocycles. The molecule has 100 valence electrons. The van der Waals surface area contributed by atoms with Crippen LogP contribution in [0.5, 0.6) is 11.5 Å². The van der Waals surface area contributed by atoms with Gasteiger partial charge in [0.2, 0.25) is 0 Å². The molecule has 0 aliphatic carbocycles. The molecule has 18 heavy (non-hydrogen) atoms. The van der Waals surface area contributed by atoms with Gasteiger partial charge in [0.15, 0.2) is 0 Å². The van der Waals surface area contributed by atoms with Crippen molar-refractivity contribution in [2.45, 2.75) is 18.2 Å². The number of nitrogens with one attached hydrogen (secondary N) is 1. The summed E-state index contributed by atoms with van der Waals surface area (Å²) >= 11 is 0. The largest absolute Gasteiger partial charge is 0.497 e. The van der Waals surface area contributed by atoms with Crippen molar-refractivity contribution in [1.82, 2.24) is 5.32 Å². The highest BCUT2D eigenvalue weighted by atomic mass is 32.2. The van der Waals surface area contributed by atoms with Crippen LogP contribution in [0, 0.1) is 0 Å². The summed E-state index contributed by atoms with van der Waals surface area (Å²) in [6, 6.07) is 5.76. The lowest BCUT2D eigenvalue weighted by atomic mass is 10.1. The predicted molar refractivity (Wildman–Crippen MR) is 72.8 cm³/mol. The summed E-state index contributed by atoms with van der Waals surface area (Å²) in [5.74, 6) is 2.21. The molecule has 1 aliphatic rings. The quantitative estimate of drug-likeness (QED) is 0.903. The molecule has 0 amide bonds. The number of hydrogen-bond donors (Lipinski definition) is 1. The predicted octanol–water partition coefficient (Wildman–Crippen LogP) is 1.49. The van der Waals surface area contributed by atoms with Crippen LogP contribution in [-0.2, 0) is 10.8 Å². The van der Waals surface area contributed by atoms with Gasteiger partial charge in [0.05, 0.1) is 14.2 Å². The zero-order valence-electron chi connectivity index (χ0n) is 10.9. The van der Waals surface area contributed by atoms with E-state index in [0.29, 0.717) is 5.75 Å². The first-order valence-electron chi connectivity index (χ1n) is 5.98. The van der Waals surface area contributed by atoms with E-state index in [1.54, 1.807) is 14.2 Å². The van der Waals surface area contributed by atoms with E-state index < -0.39 is 10.8 Å². The Morgan fingerprint density at radius 3 is 2.72 bits per heavy atom. The Hall–Kier alpha value is -1.07. The maximum atomic E-state index is 11.9. The highest BCUT2D eigenvalue weighted by Gasteiger charge is 2.27. The third-order valence-corrected chi connectivity index (χ3v) is 4.97. The summed E-state index contributed by atoms with van der Waals surface area (Å²) in [6.45, 7) is 2.76.